The Kier molecular flexibility index (Phi) is 3.32. The molecular weight excluding hydrogens is 210 g/mol. The predicted octanol–water partition coefficient (Wildman–Crippen LogP) is 3.08. The molecule has 1 aliphatic heterocycles. The summed E-state index contributed by atoms with van der Waals surface area (Å²) in [7, 11) is 0. The zero-order chi connectivity index (χ0) is 11.5. The lowest BCUT2D eigenvalue weighted by atomic mass is 9.95. The highest BCUT2D eigenvalue weighted by molar-refractivity contribution is 5.39. The number of ether oxygens (including phenoxy) is 1. The van der Waals surface area contributed by atoms with E-state index in [1.807, 2.05) is 0 Å². The average Bonchev–Trinajstić information content (AvgIpc) is 3.09. The van der Waals surface area contributed by atoms with Gasteiger partial charge in [0.2, 0.25) is 0 Å². The summed E-state index contributed by atoms with van der Waals surface area (Å²) in [6.45, 7) is 2.08. The first-order valence-electron chi connectivity index (χ1n) is 6.88. The molecule has 1 aliphatic carbocycles. The van der Waals surface area contributed by atoms with Crippen molar-refractivity contribution in [2.45, 2.75) is 44.1 Å². The van der Waals surface area contributed by atoms with E-state index in [1.165, 1.54) is 44.2 Å². The average molecular weight is 231 g/mol. The molecule has 1 aromatic rings. The van der Waals surface area contributed by atoms with Crippen LogP contribution in [0.2, 0.25) is 0 Å². The highest BCUT2D eigenvalue weighted by atomic mass is 16.5. The molecule has 0 bridgehead atoms. The number of fused-ring (bicyclic) bond motifs is 1. The molecule has 1 heterocycles. The van der Waals surface area contributed by atoms with Gasteiger partial charge in [-0.15, -0.1) is 0 Å². The van der Waals surface area contributed by atoms with E-state index in [0.29, 0.717) is 5.92 Å². The molecule has 1 N–H and O–H groups in total. The first-order valence-corrected chi connectivity index (χ1v) is 6.88. The molecule has 2 nitrogen and oxygen atoms in total. The van der Waals surface area contributed by atoms with Gasteiger partial charge in [0.25, 0.3) is 0 Å². The molecular formula is C15H21NO. The molecule has 0 saturated heterocycles. The molecule has 2 aliphatic rings. The summed E-state index contributed by atoms with van der Waals surface area (Å²) in [5.74, 6) is 1.74. The van der Waals surface area contributed by atoms with Crippen molar-refractivity contribution < 1.29 is 4.74 Å². The van der Waals surface area contributed by atoms with E-state index in [9.17, 15) is 0 Å². The number of nitrogens with one attached hydrogen (secondary N) is 1. The van der Waals surface area contributed by atoms with E-state index in [2.05, 4.69) is 29.6 Å². The van der Waals surface area contributed by atoms with Gasteiger partial charge in [-0.25, -0.2) is 0 Å². The second kappa shape index (κ2) is 5.09. The predicted molar refractivity (Wildman–Crippen MR) is 69.6 cm³/mol. The Morgan fingerprint density at radius 3 is 2.94 bits per heavy atom. The maximum absolute atomic E-state index is 5.70. The van der Waals surface area contributed by atoms with Crippen LogP contribution in [0.15, 0.2) is 24.3 Å². The SMILES string of the molecule is c1ccc2c(c1)OCC2CCCCNC1CC1. The molecule has 0 radical (unpaired) electrons. The molecule has 1 aromatic carbocycles. The molecule has 0 amide bonds. The molecule has 1 atom stereocenters. The summed E-state index contributed by atoms with van der Waals surface area (Å²) in [4.78, 5) is 0. The molecule has 1 unspecified atom stereocenters. The Labute approximate surface area is 103 Å². The van der Waals surface area contributed by atoms with Crippen LogP contribution in [-0.2, 0) is 0 Å². The van der Waals surface area contributed by atoms with E-state index in [1.54, 1.807) is 0 Å². The van der Waals surface area contributed by atoms with Crippen LogP contribution in [0.4, 0.5) is 0 Å². The van der Waals surface area contributed by atoms with Crippen LogP contribution in [0.1, 0.15) is 43.6 Å². The van der Waals surface area contributed by atoms with Crippen molar-refractivity contribution >= 4 is 0 Å². The number of rotatable bonds is 6. The van der Waals surface area contributed by atoms with Crippen molar-refractivity contribution in [2.24, 2.45) is 0 Å². The Hall–Kier alpha value is -1.02. The Balaban J connectivity index is 1.40. The van der Waals surface area contributed by atoms with Gasteiger partial charge in [-0.1, -0.05) is 24.6 Å². The molecule has 0 aromatic heterocycles. The van der Waals surface area contributed by atoms with Gasteiger partial charge in [0.1, 0.15) is 5.75 Å². The van der Waals surface area contributed by atoms with E-state index < -0.39 is 0 Å². The largest absolute Gasteiger partial charge is 0.493 e. The van der Waals surface area contributed by atoms with E-state index >= 15 is 0 Å². The number of benzene rings is 1. The van der Waals surface area contributed by atoms with Crippen molar-refractivity contribution in [1.29, 1.82) is 0 Å². The highest BCUT2D eigenvalue weighted by Gasteiger charge is 2.23. The van der Waals surface area contributed by atoms with Gasteiger partial charge in [0.15, 0.2) is 0 Å². The molecule has 17 heavy (non-hydrogen) atoms. The number of hydrogen-bond acceptors (Lipinski definition) is 2. The zero-order valence-electron chi connectivity index (χ0n) is 10.3. The van der Waals surface area contributed by atoms with Gasteiger partial charge < -0.3 is 10.1 Å². The maximum atomic E-state index is 5.70. The van der Waals surface area contributed by atoms with E-state index in [-0.39, 0.29) is 0 Å². The normalized spacial score (nSPS) is 22.2. The van der Waals surface area contributed by atoms with Gasteiger partial charge in [-0.3, -0.25) is 0 Å². The van der Waals surface area contributed by atoms with Crippen molar-refractivity contribution in [3.05, 3.63) is 29.8 Å². The number of para-hydroxylation sites is 1. The van der Waals surface area contributed by atoms with E-state index in [0.717, 1.165) is 18.4 Å². The summed E-state index contributed by atoms with van der Waals surface area (Å²) in [5, 5.41) is 3.57. The van der Waals surface area contributed by atoms with Gasteiger partial charge in [0.05, 0.1) is 6.61 Å². The lowest BCUT2D eigenvalue weighted by molar-refractivity contribution is 0.322. The third kappa shape index (κ3) is 2.81. The third-order valence-electron chi connectivity index (χ3n) is 3.79. The number of hydrogen-bond donors (Lipinski definition) is 1. The fourth-order valence-corrected chi connectivity index (χ4v) is 2.58. The van der Waals surface area contributed by atoms with E-state index in [4.69, 9.17) is 4.74 Å². The standard InChI is InChI=1S/C15H21NO/c1-2-7-15-14(6-1)12(11-17-15)5-3-4-10-16-13-8-9-13/h1-2,6-7,12-13,16H,3-5,8-11H2. The summed E-state index contributed by atoms with van der Waals surface area (Å²) in [6, 6.07) is 9.33. The van der Waals surface area contributed by atoms with Crippen molar-refractivity contribution in [1.82, 2.24) is 5.32 Å². The summed E-state index contributed by atoms with van der Waals surface area (Å²) < 4.78 is 5.70. The summed E-state index contributed by atoms with van der Waals surface area (Å²) in [5.41, 5.74) is 1.42. The summed E-state index contributed by atoms with van der Waals surface area (Å²) >= 11 is 0. The monoisotopic (exact) mass is 231 g/mol. The first kappa shape index (κ1) is 11.1. The quantitative estimate of drug-likeness (QED) is 0.760. The molecule has 92 valence electrons. The number of unbranched alkanes of at least 4 members (excludes halogenated alkanes) is 1. The van der Waals surface area contributed by atoms with Crippen LogP contribution < -0.4 is 10.1 Å². The fourth-order valence-electron chi connectivity index (χ4n) is 2.58. The second-order valence-electron chi connectivity index (χ2n) is 5.27. The molecule has 3 rings (SSSR count). The lowest BCUT2D eigenvalue weighted by Crippen LogP contribution is -2.17. The van der Waals surface area contributed by atoms with Gasteiger partial charge in [-0.2, -0.15) is 0 Å². The van der Waals surface area contributed by atoms with Crippen LogP contribution in [-0.4, -0.2) is 19.2 Å². The molecule has 0 spiro atoms. The zero-order valence-corrected chi connectivity index (χ0v) is 10.3. The van der Waals surface area contributed by atoms with Crippen LogP contribution in [0.25, 0.3) is 0 Å². The first-order chi connectivity index (χ1) is 8.43. The Morgan fingerprint density at radius 1 is 1.18 bits per heavy atom. The minimum Gasteiger partial charge on any atom is -0.493 e. The minimum absolute atomic E-state index is 0.632. The second-order valence-corrected chi connectivity index (χ2v) is 5.27. The van der Waals surface area contributed by atoms with Gasteiger partial charge >= 0.3 is 0 Å². The Morgan fingerprint density at radius 2 is 2.06 bits per heavy atom. The van der Waals surface area contributed by atoms with Gasteiger partial charge in [-0.05, 0) is 38.3 Å². The Bertz CT molecular complexity index is 373. The minimum atomic E-state index is 0.632. The van der Waals surface area contributed by atoms with Crippen LogP contribution >= 0.6 is 0 Å². The van der Waals surface area contributed by atoms with Crippen LogP contribution in [0.5, 0.6) is 5.75 Å². The van der Waals surface area contributed by atoms with Crippen LogP contribution in [0, 0.1) is 0 Å². The highest BCUT2D eigenvalue weighted by Crippen LogP contribution is 2.36. The molecule has 1 fully saturated rings. The molecule has 2 heteroatoms. The maximum Gasteiger partial charge on any atom is 0.122 e. The molecule has 1 saturated carbocycles. The van der Waals surface area contributed by atoms with Crippen molar-refractivity contribution in [3.8, 4) is 5.75 Å². The topological polar surface area (TPSA) is 21.3 Å². The third-order valence-corrected chi connectivity index (χ3v) is 3.79. The van der Waals surface area contributed by atoms with Crippen molar-refractivity contribution in [2.75, 3.05) is 13.2 Å². The lowest BCUT2D eigenvalue weighted by Gasteiger charge is -2.08. The smallest absolute Gasteiger partial charge is 0.122 e. The summed E-state index contributed by atoms with van der Waals surface area (Å²) in [6.07, 6.45) is 6.66. The van der Waals surface area contributed by atoms with Crippen molar-refractivity contribution in [3.63, 3.8) is 0 Å². The fraction of sp³-hybridized carbons (Fsp3) is 0.600. The van der Waals surface area contributed by atoms with Gasteiger partial charge in [0, 0.05) is 17.5 Å². The van der Waals surface area contributed by atoms with Crippen LogP contribution in [0.3, 0.4) is 0 Å².